The lowest BCUT2D eigenvalue weighted by Gasteiger charge is -2.09. The highest BCUT2D eigenvalue weighted by molar-refractivity contribution is 8.00. The van der Waals surface area contributed by atoms with E-state index in [9.17, 15) is 13.2 Å². The highest BCUT2D eigenvalue weighted by Gasteiger charge is 2.10. The third-order valence-electron chi connectivity index (χ3n) is 3.01. The largest absolute Gasteiger partial charge is 0.325 e. The minimum atomic E-state index is -3.23. The van der Waals surface area contributed by atoms with Crippen molar-refractivity contribution in [3.8, 4) is 0 Å². The molecule has 22 heavy (non-hydrogen) atoms. The van der Waals surface area contributed by atoms with Crippen LogP contribution in [0.25, 0.3) is 0 Å². The Morgan fingerprint density at radius 3 is 2.41 bits per heavy atom. The number of nitrogens with one attached hydrogen (secondary N) is 1. The molecular formula is C16H17NO3S2. The number of benzene rings is 2. The predicted molar refractivity (Wildman–Crippen MR) is 90.1 cm³/mol. The van der Waals surface area contributed by atoms with E-state index >= 15 is 0 Å². The summed E-state index contributed by atoms with van der Waals surface area (Å²) in [5, 5.41) is 2.80. The summed E-state index contributed by atoms with van der Waals surface area (Å²) >= 11 is 1.45. The van der Waals surface area contributed by atoms with Crippen molar-refractivity contribution in [2.45, 2.75) is 16.7 Å². The van der Waals surface area contributed by atoms with Gasteiger partial charge in [-0.3, -0.25) is 4.79 Å². The second kappa shape index (κ2) is 6.98. The highest BCUT2D eigenvalue weighted by atomic mass is 32.2. The van der Waals surface area contributed by atoms with E-state index < -0.39 is 9.84 Å². The Labute approximate surface area is 134 Å². The molecule has 0 atom stereocenters. The Kier molecular flexibility index (Phi) is 5.26. The SMILES string of the molecule is Cc1cc(S(C)(=O)=O)ccc1NC(=O)CSc1ccccc1. The fraction of sp³-hybridized carbons (Fsp3) is 0.188. The summed E-state index contributed by atoms with van der Waals surface area (Å²) in [6, 6.07) is 14.4. The lowest BCUT2D eigenvalue weighted by atomic mass is 10.2. The summed E-state index contributed by atoms with van der Waals surface area (Å²) in [4.78, 5) is 13.3. The van der Waals surface area contributed by atoms with Gasteiger partial charge in [-0.15, -0.1) is 11.8 Å². The zero-order valence-corrected chi connectivity index (χ0v) is 14.0. The molecule has 2 aromatic rings. The number of thioether (sulfide) groups is 1. The van der Waals surface area contributed by atoms with Gasteiger partial charge in [-0.25, -0.2) is 8.42 Å². The van der Waals surface area contributed by atoms with Crippen molar-refractivity contribution in [3.05, 3.63) is 54.1 Å². The summed E-state index contributed by atoms with van der Waals surface area (Å²) in [7, 11) is -3.23. The van der Waals surface area contributed by atoms with Gasteiger partial charge in [0, 0.05) is 16.8 Å². The number of aryl methyl sites for hydroxylation is 1. The molecule has 0 saturated carbocycles. The van der Waals surface area contributed by atoms with E-state index in [1.165, 1.54) is 17.8 Å². The number of sulfone groups is 1. The van der Waals surface area contributed by atoms with Gasteiger partial charge in [0.15, 0.2) is 9.84 Å². The summed E-state index contributed by atoms with van der Waals surface area (Å²) in [5.74, 6) is 0.182. The molecule has 0 saturated heterocycles. The molecule has 6 heteroatoms. The van der Waals surface area contributed by atoms with Gasteiger partial charge in [-0.05, 0) is 42.8 Å². The first-order valence-electron chi connectivity index (χ1n) is 6.64. The topological polar surface area (TPSA) is 63.2 Å². The molecule has 0 bridgehead atoms. The van der Waals surface area contributed by atoms with E-state index in [4.69, 9.17) is 0 Å². The van der Waals surface area contributed by atoms with Gasteiger partial charge in [-0.2, -0.15) is 0 Å². The van der Waals surface area contributed by atoms with E-state index in [0.29, 0.717) is 11.4 Å². The zero-order valence-electron chi connectivity index (χ0n) is 12.4. The van der Waals surface area contributed by atoms with Gasteiger partial charge in [-0.1, -0.05) is 18.2 Å². The van der Waals surface area contributed by atoms with Crippen LogP contribution in [0.5, 0.6) is 0 Å². The van der Waals surface area contributed by atoms with Crippen molar-refractivity contribution < 1.29 is 13.2 Å². The first-order valence-corrected chi connectivity index (χ1v) is 9.52. The first-order chi connectivity index (χ1) is 10.4. The van der Waals surface area contributed by atoms with Gasteiger partial charge >= 0.3 is 0 Å². The summed E-state index contributed by atoms with van der Waals surface area (Å²) in [6.07, 6.45) is 1.16. The van der Waals surface area contributed by atoms with Crippen molar-refractivity contribution >= 4 is 33.2 Å². The standard InChI is InChI=1S/C16H17NO3S2/c1-12-10-14(22(2,19)20)8-9-15(12)17-16(18)11-21-13-6-4-3-5-7-13/h3-10H,11H2,1-2H3,(H,17,18). The first kappa shape index (κ1) is 16.6. The molecule has 0 unspecified atom stereocenters. The molecule has 0 aliphatic heterocycles. The summed E-state index contributed by atoms with van der Waals surface area (Å²) in [5.41, 5.74) is 1.35. The molecule has 1 amide bonds. The van der Waals surface area contributed by atoms with E-state index in [1.807, 2.05) is 30.3 Å². The second-order valence-electron chi connectivity index (χ2n) is 4.90. The zero-order chi connectivity index (χ0) is 16.2. The Morgan fingerprint density at radius 2 is 1.82 bits per heavy atom. The molecular weight excluding hydrogens is 318 g/mol. The lowest BCUT2D eigenvalue weighted by Crippen LogP contribution is -2.15. The smallest absolute Gasteiger partial charge is 0.234 e. The maximum atomic E-state index is 12.0. The van der Waals surface area contributed by atoms with Crippen LogP contribution in [0.4, 0.5) is 5.69 Å². The predicted octanol–water partition coefficient (Wildman–Crippen LogP) is 3.13. The molecule has 0 heterocycles. The molecule has 0 spiro atoms. The van der Waals surface area contributed by atoms with Crippen molar-refractivity contribution in [2.75, 3.05) is 17.3 Å². The van der Waals surface area contributed by atoms with Crippen LogP contribution in [-0.4, -0.2) is 26.3 Å². The van der Waals surface area contributed by atoms with E-state index in [-0.39, 0.29) is 10.8 Å². The van der Waals surface area contributed by atoms with Crippen LogP contribution in [0.3, 0.4) is 0 Å². The van der Waals surface area contributed by atoms with E-state index in [1.54, 1.807) is 19.1 Å². The summed E-state index contributed by atoms with van der Waals surface area (Å²) < 4.78 is 23.0. The molecule has 2 rings (SSSR count). The molecule has 0 radical (unpaired) electrons. The van der Waals surface area contributed by atoms with Gasteiger partial charge in [0.2, 0.25) is 5.91 Å². The van der Waals surface area contributed by atoms with Crippen LogP contribution in [0, 0.1) is 6.92 Å². The average Bonchev–Trinajstić information content (AvgIpc) is 2.47. The van der Waals surface area contributed by atoms with Crippen LogP contribution in [0.15, 0.2) is 58.3 Å². The normalized spacial score (nSPS) is 11.2. The van der Waals surface area contributed by atoms with E-state index in [0.717, 1.165) is 16.7 Å². The Morgan fingerprint density at radius 1 is 1.14 bits per heavy atom. The van der Waals surface area contributed by atoms with Crippen LogP contribution >= 0.6 is 11.8 Å². The van der Waals surface area contributed by atoms with Crippen LogP contribution in [0.2, 0.25) is 0 Å². The van der Waals surface area contributed by atoms with Crippen molar-refractivity contribution in [1.82, 2.24) is 0 Å². The molecule has 4 nitrogen and oxygen atoms in total. The Bertz CT molecular complexity index is 771. The third-order valence-corrected chi connectivity index (χ3v) is 5.14. The van der Waals surface area contributed by atoms with Crippen LogP contribution in [0.1, 0.15) is 5.56 Å². The molecule has 0 aliphatic rings. The number of amides is 1. The van der Waals surface area contributed by atoms with Gasteiger partial charge in [0.1, 0.15) is 0 Å². The average molecular weight is 335 g/mol. The van der Waals surface area contributed by atoms with Crippen molar-refractivity contribution in [3.63, 3.8) is 0 Å². The Balaban J connectivity index is 2.00. The van der Waals surface area contributed by atoms with Crippen LogP contribution in [-0.2, 0) is 14.6 Å². The molecule has 0 aromatic heterocycles. The molecule has 0 aliphatic carbocycles. The lowest BCUT2D eigenvalue weighted by molar-refractivity contribution is -0.113. The molecule has 0 fully saturated rings. The van der Waals surface area contributed by atoms with Crippen LogP contribution < -0.4 is 5.32 Å². The summed E-state index contributed by atoms with van der Waals surface area (Å²) in [6.45, 7) is 1.77. The number of hydrogen-bond donors (Lipinski definition) is 1. The fourth-order valence-corrected chi connectivity index (χ4v) is 3.28. The maximum absolute atomic E-state index is 12.0. The minimum Gasteiger partial charge on any atom is -0.325 e. The van der Waals surface area contributed by atoms with Gasteiger partial charge in [0.25, 0.3) is 0 Å². The van der Waals surface area contributed by atoms with Gasteiger partial charge < -0.3 is 5.32 Å². The fourth-order valence-electron chi connectivity index (χ4n) is 1.86. The second-order valence-corrected chi connectivity index (χ2v) is 7.96. The molecule has 116 valence electrons. The number of anilines is 1. The maximum Gasteiger partial charge on any atom is 0.234 e. The molecule has 1 N–H and O–H groups in total. The quantitative estimate of drug-likeness (QED) is 0.853. The highest BCUT2D eigenvalue weighted by Crippen LogP contribution is 2.21. The number of carbonyl (C=O) groups is 1. The minimum absolute atomic E-state index is 0.121. The molecule has 2 aromatic carbocycles. The van der Waals surface area contributed by atoms with Crippen molar-refractivity contribution in [1.29, 1.82) is 0 Å². The van der Waals surface area contributed by atoms with E-state index in [2.05, 4.69) is 5.32 Å². The number of carbonyl (C=O) groups excluding carboxylic acids is 1. The monoisotopic (exact) mass is 335 g/mol. The van der Waals surface area contributed by atoms with Gasteiger partial charge in [0.05, 0.1) is 10.6 Å². The van der Waals surface area contributed by atoms with Crippen molar-refractivity contribution in [2.24, 2.45) is 0 Å². The number of hydrogen-bond acceptors (Lipinski definition) is 4. The third kappa shape index (κ3) is 4.61. The number of rotatable bonds is 5. The Hall–Kier alpha value is -1.79.